The van der Waals surface area contributed by atoms with Crippen LogP contribution in [0.2, 0.25) is 0 Å². The van der Waals surface area contributed by atoms with Gasteiger partial charge < -0.3 is 10.1 Å². The summed E-state index contributed by atoms with van der Waals surface area (Å²) >= 11 is 3.37. The van der Waals surface area contributed by atoms with Crippen LogP contribution in [0.4, 0.5) is 0 Å². The summed E-state index contributed by atoms with van der Waals surface area (Å²) in [7, 11) is 0. The summed E-state index contributed by atoms with van der Waals surface area (Å²) in [5.74, 6) is 0.662. The number of rotatable bonds is 8. The lowest BCUT2D eigenvalue weighted by molar-refractivity contribution is -0.123. The van der Waals surface area contributed by atoms with E-state index in [-0.39, 0.29) is 12.5 Å². The van der Waals surface area contributed by atoms with Crippen molar-refractivity contribution in [2.45, 2.75) is 19.3 Å². The smallest absolute Gasteiger partial charge is 0.257 e. The Morgan fingerprint density at radius 2 is 1.94 bits per heavy atom. The van der Waals surface area contributed by atoms with E-state index in [4.69, 9.17) is 4.74 Å². The van der Waals surface area contributed by atoms with Crippen molar-refractivity contribution in [3.63, 3.8) is 0 Å². The van der Waals surface area contributed by atoms with Gasteiger partial charge in [-0.3, -0.25) is 4.79 Å². The molecule has 1 aromatic rings. The highest BCUT2D eigenvalue weighted by Crippen LogP contribution is 2.07. The molecule has 0 radical (unpaired) electrons. The molecule has 0 atom stereocenters. The summed E-state index contributed by atoms with van der Waals surface area (Å²) in [5, 5.41) is 3.86. The van der Waals surface area contributed by atoms with Gasteiger partial charge in [0.2, 0.25) is 0 Å². The van der Waals surface area contributed by atoms with Crippen molar-refractivity contribution in [3.05, 3.63) is 30.3 Å². The fraction of sp³-hybridized carbons (Fsp3) is 0.462. The molecule has 0 unspecified atom stereocenters. The quantitative estimate of drug-likeness (QED) is 0.592. The standard InChI is InChI=1S/C13H18BrNO2/c14-9-5-2-6-10-15-13(16)11-17-12-7-3-1-4-8-12/h1,3-4,7-8H,2,5-6,9-11H2,(H,15,16). The molecule has 1 amide bonds. The zero-order chi connectivity index (χ0) is 12.3. The highest BCUT2D eigenvalue weighted by molar-refractivity contribution is 9.09. The van der Waals surface area contributed by atoms with Crippen LogP contribution < -0.4 is 10.1 Å². The number of carbonyl (C=O) groups excluding carboxylic acids is 1. The molecule has 0 aromatic heterocycles. The molecule has 1 N–H and O–H groups in total. The molecule has 3 nitrogen and oxygen atoms in total. The topological polar surface area (TPSA) is 38.3 Å². The maximum absolute atomic E-state index is 11.4. The third-order valence-electron chi connectivity index (χ3n) is 2.25. The summed E-state index contributed by atoms with van der Waals surface area (Å²) in [6, 6.07) is 9.35. The maximum Gasteiger partial charge on any atom is 0.257 e. The Labute approximate surface area is 111 Å². The fourth-order valence-corrected chi connectivity index (χ4v) is 1.74. The summed E-state index contributed by atoms with van der Waals surface area (Å²) in [5.41, 5.74) is 0. The number of halogens is 1. The largest absolute Gasteiger partial charge is 0.484 e. The zero-order valence-corrected chi connectivity index (χ0v) is 11.4. The van der Waals surface area contributed by atoms with Crippen LogP contribution in [-0.4, -0.2) is 24.4 Å². The van der Waals surface area contributed by atoms with E-state index in [2.05, 4.69) is 21.2 Å². The Hall–Kier alpha value is -1.03. The van der Waals surface area contributed by atoms with Crippen LogP contribution in [0, 0.1) is 0 Å². The Bertz CT molecular complexity index is 316. The van der Waals surface area contributed by atoms with Gasteiger partial charge in [0.1, 0.15) is 5.75 Å². The number of ether oxygens (including phenoxy) is 1. The molecule has 0 heterocycles. The van der Waals surface area contributed by atoms with Gasteiger partial charge in [-0.25, -0.2) is 0 Å². The van der Waals surface area contributed by atoms with Crippen molar-refractivity contribution in [3.8, 4) is 5.75 Å². The number of hydrogen-bond donors (Lipinski definition) is 1. The molecular weight excluding hydrogens is 282 g/mol. The van der Waals surface area contributed by atoms with Gasteiger partial charge in [0.25, 0.3) is 5.91 Å². The van der Waals surface area contributed by atoms with Crippen molar-refractivity contribution >= 4 is 21.8 Å². The lowest BCUT2D eigenvalue weighted by Crippen LogP contribution is -2.29. The minimum atomic E-state index is -0.0623. The molecule has 0 aliphatic carbocycles. The van der Waals surface area contributed by atoms with E-state index in [0.29, 0.717) is 0 Å². The second-order valence-corrected chi connectivity index (χ2v) is 4.49. The van der Waals surface area contributed by atoms with Gasteiger partial charge in [-0.1, -0.05) is 40.5 Å². The van der Waals surface area contributed by atoms with E-state index in [1.165, 1.54) is 0 Å². The third kappa shape index (κ3) is 7.00. The molecule has 0 aliphatic heterocycles. The SMILES string of the molecule is O=C(COc1ccccc1)NCCCCCBr. The van der Waals surface area contributed by atoms with Gasteiger partial charge >= 0.3 is 0 Å². The highest BCUT2D eigenvalue weighted by Gasteiger charge is 2.01. The molecule has 0 saturated heterocycles. The van der Waals surface area contributed by atoms with Crippen LogP contribution in [-0.2, 0) is 4.79 Å². The van der Waals surface area contributed by atoms with E-state index in [1.807, 2.05) is 30.3 Å². The number of carbonyl (C=O) groups is 1. The van der Waals surface area contributed by atoms with E-state index >= 15 is 0 Å². The molecule has 1 rings (SSSR count). The average molecular weight is 300 g/mol. The minimum Gasteiger partial charge on any atom is -0.484 e. The monoisotopic (exact) mass is 299 g/mol. The van der Waals surface area contributed by atoms with Crippen LogP contribution >= 0.6 is 15.9 Å². The van der Waals surface area contributed by atoms with Gasteiger partial charge in [-0.2, -0.15) is 0 Å². The first kappa shape index (κ1) is 14.0. The summed E-state index contributed by atoms with van der Waals surface area (Å²) in [4.78, 5) is 11.4. The van der Waals surface area contributed by atoms with Crippen LogP contribution in [0.5, 0.6) is 5.75 Å². The van der Waals surface area contributed by atoms with Crippen molar-refractivity contribution in [2.24, 2.45) is 0 Å². The van der Waals surface area contributed by atoms with Crippen LogP contribution in [0.1, 0.15) is 19.3 Å². The Morgan fingerprint density at radius 3 is 2.65 bits per heavy atom. The number of nitrogens with one attached hydrogen (secondary N) is 1. The molecule has 4 heteroatoms. The molecule has 1 aromatic carbocycles. The van der Waals surface area contributed by atoms with Gasteiger partial charge in [-0.15, -0.1) is 0 Å². The molecule has 0 aliphatic rings. The van der Waals surface area contributed by atoms with Crippen molar-refractivity contribution in [1.29, 1.82) is 0 Å². The molecule has 0 spiro atoms. The predicted octanol–water partition coefficient (Wildman–Crippen LogP) is 2.75. The van der Waals surface area contributed by atoms with Crippen LogP contribution in [0.25, 0.3) is 0 Å². The third-order valence-corrected chi connectivity index (χ3v) is 2.81. The first-order valence-corrected chi connectivity index (χ1v) is 6.95. The van der Waals surface area contributed by atoms with E-state index < -0.39 is 0 Å². The predicted molar refractivity (Wildman–Crippen MR) is 72.6 cm³/mol. The van der Waals surface area contributed by atoms with Crippen LogP contribution in [0.15, 0.2) is 30.3 Å². The number of benzene rings is 1. The summed E-state index contributed by atoms with van der Waals surface area (Å²) in [6.45, 7) is 0.812. The number of unbranched alkanes of at least 4 members (excludes halogenated alkanes) is 2. The number of amides is 1. The Morgan fingerprint density at radius 1 is 1.18 bits per heavy atom. The first-order chi connectivity index (χ1) is 8.33. The van der Waals surface area contributed by atoms with E-state index in [9.17, 15) is 4.79 Å². The Kier molecular flexibility index (Phi) is 7.47. The second-order valence-electron chi connectivity index (χ2n) is 3.70. The van der Waals surface area contributed by atoms with Gasteiger partial charge in [-0.05, 0) is 25.0 Å². The molecule has 0 saturated carbocycles. The molecule has 0 fully saturated rings. The summed E-state index contributed by atoms with van der Waals surface area (Å²) in [6.07, 6.45) is 3.30. The maximum atomic E-state index is 11.4. The number of para-hydroxylation sites is 1. The van der Waals surface area contributed by atoms with Gasteiger partial charge in [0.15, 0.2) is 6.61 Å². The lowest BCUT2D eigenvalue weighted by atomic mass is 10.2. The number of hydrogen-bond acceptors (Lipinski definition) is 2. The minimum absolute atomic E-state index is 0.0623. The second kappa shape index (κ2) is 9.05. The summed E-state index contributed by atoms with van der Waals surface area (Å²) < 4.78 is 5.33. The van der Waals surface area contributed by atoms with Crippen molar-refractivity contribution in [2.75, 3.05) is 18.5 Å². The highest BCUT2D eigenvalue weighted by atomic mass is 79.9. The van der Waals surface area contributed by atoms with E-state index in [0.717, 1.165) is 36.9 Å². The van der Waals surface area contributed by atoms with Crippen molar-refractivity contribution < 1.29 is 9.53 Å². The fourth-order valence-electron chi connectivity index (χ4n) is 1.34. The van der Waals surface area contributed by atoms with Crippen LogP contribution in [0.3, 0.4) is 0 Å². The molecule has 17 heavy (non-hydrogen) atoms. The molecule has 94 valence electrons. The first-order valence-electron chi connectivity index (χ1n) is 5.83. The van der Waals surface area contributed by atoms with E-state index in [1.54, 1.807) is 0 Å². The Balaban J connectivity index is 2.05. The van der Waals surface area contributed by atoms with Crippen molar-refractivity contribution in [1.82, 2.24) is 5.32 Å². The number of alkyl halides is 1. The molecular formula is C13H18BrNO2. The average Bonchev–Trinajstić information content (AvgIpc) is 2.37. The van der Waals surface area contributed by atoms with Gasteiger partial charge in [0.05, 0.1) is 0 Å². The zero-order valence-electron chi connectivity index (χ0n) is 9.82. The normalized spacial score (nSPS) is 9.94. The van der Waals surface area contributed by atoms with Gasteiger partial charge in [0, 0.05) is 11.9 Å². The molecule has 0 bridgehead atoms. The lowest BCUT2D eigenvalue weighted by Gasteiger charge is -2.06.